The lowest BCUT2D eigenvalue weighted by atomic mass is 9.89. The van der Waals surface area contributed by atoms with E-state index in [4.69, 9.17) is 4.74 Å². The predicted molar refractivity (Wildman–Crippen MR) is 112 cm³/mol. The molecular weight excluding hydrogens is 370 g/mol. The average molecular weight is 408 g/mol. The Morgan fingerprint density at radius 1 is 1.00 bits per heavy atom. The molecule has 0 bridgehead atoms. The standard InChI is InChI=1S/C22H37N3O4/c1-22(2,3)29-21(28)24-16-20(27)25-13-11-18(12-14-25)15-23-19(26)10-9-17-7-5-4-6-8-17/h9-10,17-18H,4-8,11-16H2,1-3H3,(H,23,26)(H,24,28)/b10-9+. The molecule has 0 atom stereocenters. The molecule has 1 saturated heterocycles. The number of rotatable bonds is 6. The summed E-state index contributed by atoms with van der Waals surface area (Å²) in [5, 5.41) is 5.51. The molecule has 7 heteroatoms. The number of alkyl carbamates (subject to hydrolysis) is 1. The van der Waals surface area contributed by atoms with Crippen LogP contribution in [0.1, 0.15) is 65.7 Å². The normalized spacial score (nSPS) is 19.2. The lowest BCUT2D eigenvalue weighted by molar-refractivity contribution is -0.131. The molecule has 2 fully saturated rings. The van der Waals surface area contributed by atoms with Crippen molar-refractivity contribution in [2.75, 3.05) is 26.2 Å². The predicted octanol–water partition coefficient (Wildman–Crippen LogP) is 3.00. The first-order valence-electron chi connectivity index (χ1n) is 10.9. The summed E-state index contributed by atoms with van der Waals surface area (Å²) in [5.74, 6) is 0.812. The molecule has 0 aromatic rings. The molecule has 2 N–H and O–H groups in total. The molecule has 2 aliphatic rings. The fourth-order valence-corrected chi connectivity index (χ4v) is 3.81. The van der Waals surface area contributed by atoms with Crippen molar-refractivity contribution in [3.05, 3.63) is 12.2 Å². The minimum Gasteiger partial charge on any atom is -0.444 e. The number of nitrogens with zero attached hydrogens (tertiary/aromatic N) is 1. The number of likely N-dealkylation sites (tertiary alicyclic amines) is 1. The van der Waals surface area contributed by atoms with Gasteiger partial charge in [-0.1, -0.05) is 25.3 Å². The molecule has 0 aromatic heterocycles. The van der Waals surface area contributed by atoms with Gasteiger partial charge in [-0.3, -0.25) is 9.59 Å². The third kappa shape index (κ3) is 9.33. The molecule has 1 heterocycles. The van der Waals surface area contributed by atoms with E-state index in [0.717, 1.165) is 12.8 Å². The van der Waals surface area contributed by atoms with E-state index in [1.54, 1.807) is 31.7 Å². The van der Waals surface area contributed by atoms with E-state index in [0.29, 0.717) is 31.5 Å². The Morgan fingerprint density at radius 3 is 2.28 bits per heavy atom. The number of amides is 3. The highest BCUT2D eigenvalue weighted by Crippen LogP contribution is 2.24. The van der Waals surface area contributed by atoms with Crippen molar-refractivity contribution in [2.45, 2.75) is 71.3 Å². The molecule has 164 valence electrons. The highest BCUT2D eigenvalue weighted by Gasteiger charge is 2.24. The number of nitrogens with one attached hydrogen (secondary N) is 2. The summed E-state index contributed by atoms with van der Waals surface area (Å²) in [5.41, 5.74) is -0.582. The smallest absolute Gasteiger partial charge is 0.408 e. The van der Waals surface area contributed by atoms with Crippen LogP contribution in [-0.2, 0) is 14.3 Å². The summed E-state index contributed by atoms with van der Waals surface area (Å²) >= 11 is 0. The van der Waals surface area contributed by atoms with Crippen molar-refractivity contribution < 1.29 is 19.1 Å². The minimum absolute atomic E-state index is 0.0179. The Kier molecular flexibility index (Phi) is 8.99. The van der Waals surface area contributed by atoms with Crippen molar-refractivity contribution in [3.8, 4) is 0 Å². The molecule has 0 unspecified atom stereocenters. The molecule has 1 aliphatic heterocycles. The second-order valence-corrected chi connectivity index (χ2v) is 9.18. The Hall–Kier alpha value is -2.05. The molecular formula is C22H37N3O4. The van der Waals surface area contributed by atoms with Gasteiger partial charge in [0.25, 0.3) is 0 Å². The summed E-state index contributed by atoms with van der Waals surface area (Å²) in [7, 11) is 0. The van der Waals surface area contributed by atoms with E-state index in [1.807, 2.05) is 0 Å². The van der Waals surface area contributed by atoms with Gasteiger partial charge in [0.05, 0.1) is 0 Å². The fraction of sp³-hybridized carbons (Fsp3) is 0.773. The summed E-state index contributed by atoms with van der Waals surface area (Å²) in [6, 6.07) is 0. The van der Waals surface area contributed by atoms with Crippen LogP contribution in [0.5, 0.6) is 0 Å². The first kappa shape index (κ1) is 23.2. The van der Waals surface area contributed by atoms with E-state index in [2.05, 4.69) is 16.7 Å². The van der Waals surface area contributed by atoms with Gasteiger partial charge in [-0.2, -0.15) is 0 Å². The number of piperidine rings is 1. The zero-order valence-electron chi connectivity index (χ0n) is 18.2. The first-order valence-corrected chi connectivity index (χ1v) is 10.9. The van der Waals surface area contributed by atoms with Gasteiger partial charge in [0.1, 0.15) is 12.1 Å². The van der Waals surface area contributed by atoms with Gasteiger partial charge in [0, 0.05) is 19.6 Å². The van der Waals surface area contributed by atoms with Crippen molar-refractivity contribution in [2.24, 2.45) is 11.8 Å². The first-order chi connectivity index (χ1) is 13.7. The zero-order chi connectivity index (χ0) is 21.3. The SMILES string of the molecule is CC(C)(C)OC(=O)NCC(=O)N1CCC(CNC(=O)/C=C/C2CCCCC2)CC1. The van der Waals surface area contributed by atoms with Gasteiger partial charge in [-0.15, -0.1) is 0 Å². The van der Waals surface area contributed by atoms with Crippen molar-refractivity contribution in [1.29, 1.82) is 0 Å². The maximum Gasteiger partial charge on any atom is 0.408 e. The number of allylic oxidation sites excluding steroid dienone is 1. The lowest BCUT2D eigenvalue weighted by Gasteiger charge is -2.32. The Labute approximate surface area is 174 Å². The molecule has 0 radical (unpaired) electrons. The van der Waals surface area contributed by atoms with Crippen LogP contribution in [0.3, 0.4) is 0 Å². The number of hydrogen-bond donors (Lipinski definition) is 2. The highest BCUT2D eigenvalue weighted by atomic mass is 16.6. The topological polar surface area (TPSA) is 87.7 Å². The van der Waals surface area contributed by atoms with Gasteiger partial charge in [-0.05, 0) is 64.4 Å². The van der Waals surface area contributed by atoms with Gasteiger partial charge >= 0.3 is 6.09 Å². The van der Waals surface area contributed by atoms with Gasteiger partial charge in [0.2, 0.25) is 11.8 Å². The van der Waals surface area contributed by atoms with Gasteiger partial charge in [-0.25, -0.2) is 4.79 Å². The van der Waals surface area contributed by atoms with E-state index >= 15 is 0 Å². The molecule has 3 amide bonds. The van der Waals surface area contributed by atoms with E-state index in [9.17, 15) is 14.4 Å². The number of carbonyl (C=O) groups is 3. The van der Waals surface area contributed by atoms with Crippen LogP contribution < -0.4 is 10.6 Å². The highest BCUT2D eigenvalue weighted by molar-refractivity contribution is 5.87. The Morgan fingerprint density at radius 2 is 1.66 bits per heavy atom. The van der Waals surface area contributed by atoms with Crippen LogP contribution >= 0.6 is 0 Å². The zero-order valence-corrected chi connectivity index (χ0v) is 18.2. The van der Waals surface area contributed by atoms with Crippen LogP contribution in [-0.4, -0.2) is 54.6 Å². The molecule has 0 aromatic carbocycles. The fourth-order valence-electron chi connectivity index (χ4n) is 3.81. The second-order valence-electron chi connectivity index (χ2n) is 9.18. The van der Waals surface area contributed by atoms with Crippen LogP contribution in [0.25, 0.3) is 0 Å². The largest absolute Gasteiger partial charge is 0.444 e. The van der Waals surface area contributed by atoms with E-state index in [1.165, 1.54) is 32.1 Å². The number of carbonyl (C=O) groups excluding carboxylic acids is 3. The van der Waals surface area contributed by atoms with Gasteiger partial charge < -0.3 is 20.3 Å². The molecule has 7 nitrogen and oxygen atoms in total. The molecule has 29 heavy (non-hydrogen) atoms. The number of ether oxygens (including phenoxy) is 1. The van der Waals surface area contributed by atoms with Crippen molar-refractivity contribution in [3.63, 3.8) is 0 Å². The molecule has 0 spiro atoms. The maximum absolute atomic E-state index is 12.3. The van der Waals surface area contributed by atoms with Crippen molar-refractivity contribution in [1.82, 2.24) is 15.5 Å². The maximum atomic E-state index is 12.3. The Balaban J connectivity index is 1.60. The van der Waals surface area contributed by atoms with Crippen LogP contribution in [0.2, 0.25) is 0 Å². The quantitative estimate of drug-likeness (QED) is 0.663. The van der Waals surface area contributed by atoms with Gasteiger partial charge in [0.15, 0.2) is 0 Å². The summed E-state index contributed by atoms with van der Waals surface area (Å²) < 4.78 is 5.14. The van der Waals surface area contributed by atoms with Crippen molar-refractivity contribution >= 4 is 17.9 Å². The average Bonchev–Trinajstić information content (AvgIpc) is 2.69. The summed E-state index contributed by atoms with van der Waals surface area (Å²) in [4.78, 5) is 37.7. The van der Waals surface area contributed by atoms with Crippen LogP contribution in [0, 0.1) is 11.8 Å². The lowest BCUT2D eigenvalue weighted by Crippen LogP contribution is -2.46. The third-order valence-corrected chi connectivity index (χ3v) is 5.48. The Bertz CT molecular complexity index is 583. The monoisotopic (exact) mass is 407 g/mol. The number of hydrogen-bond acceptors (Lipinski definition) is 4. The second kappa shape index (κ2) is 11.2. The summed E-state index contributed by atoms with van der Waals surface area (Å²) in [6.45, 7) is 7.23. The van der Waals surface area contributed by atoms with E-state index in [-0.39, 0.29) is 18.4 Å². The van der Waals surface area contributed by atoms with Crippen LogP contribution in [0.15, 0.2) is 12.2 Å². The molecule has 1 aliphatic carbocycles. The van der Waals surface area contributed by atoms with Crippen LogP contribution in [0.4, 0.5) is 4.79 Å². The summed E-state index contributed by atoms with van der Waals surface area (Å²) in [6.07, 6.45) is 11.1. The van der Waals surface area contributed by atoms with E-state index < -0.39 is 11.7 Å². The molecule has 2 rings (SSSR count). The third-order valence-electron chi connectivity index (χ3n) is 5.48. The molecule has 1 saturated carbocycles. The minimum atomic E-state index is -0.582.